The third-order valence-electron chi connectivity index (χ3n) is 6.00. The maximum atomic E-state index is 5.49. The number of ether oxygens (including phenoxy) is 3. The Morgan fingerprint density at radius 3 is 2.47 bits per heavy atom. The molecule has 0 aliphatic heterocycles. The molecule has 0 unspecified atom stereocenters. The van der Waals surface area contributed by atoms with Crippen molar-refractivity contribution in [3.05, 3.63) is 57.8 Å². The lowest BCUT2D eigenvalue weighted by atomic mass is 10.0. The summed E-state index contributed by atoms with van der Waals surface area (Å²) in [5, 5.41) is 6.53. The molecule has 0 spiro atoms. The monoisotopic (exact) mass is 567 g/mol. The van der Waals surface area contributed by atoms with Crippen molar-refractivity contribution < 1.29 is 14.2 Å². The Morgan fingerprint density at radius 2 is 1.81 bits per heavy atom. The van der Waals surface area contributed by atoms with E-state index >= 15 is 0 Å². The van der Waals surface area contributed by atoms with Gasteiger partial charge in [0.2, 0.25) is 11.7 Å². The van der Waals surface area contributed by atoms with Crippen molar-refractivity contribution >= 4 is 54.3 Å². The molecule has 8 nitrogen and oxygen atoms in total. The van der Waals surface area contributed by atoms with Crippen LogP contribution in [0.2, 0.25) is 0 Å². The zero-order valence-corrected chi connectivity index (χ0v) is 23.0. The van der Waals surface area contributed by atoms with Gasteiger partial charge in [0, 0.05) is 24.3 Å². The number of hydrogen-bond donors (Lipinski definition) is 1. The van der Waals surface area contributed by atoms with Crippen LogP contribution in [0, 0.1) is 0 Å². The van der Waals surface area contributed by atoms with Crippen LogP contribution < -0.4 is 19.5 Å². The summed E-state index contributed by atoms with van der Waals surface area (Å²) in [4.78, 5) is 14.2. The number of hydrogen-bond acceptors (Lipinski definition) is 8. The van der Waals surface area contributed by atoms with Gasteiger partial charge < -0.3 is 19.5 Å². The van der Waals surface area contributed by atoms with Crippen molar-refractivity contribution in [2.45, 2.75) is 26.3 Å². The fraction of sp³-hybridized carbons (Fsp3) is 0.269. The molecule has 0 saturated heterocycles. The minimum atomic E-state index is 0.343. The quantitative estimate of drug-likeness (QED) is 0.213. The highest BCUT2D eigenvalue weighted by molar-refractivity contribution is 9.10. The van der Waals surface area contributed by atoms with Gasteiger partial charge in [-0.25, -0.2) is 9.97 Å². The van der Waals surface area contributed by atoms with E-state index in [2.05, 4.69) is 50.8 Å². The second-order valence-corrected chi connectivity index (χ2v) is 10.3. The molecule has 0 aliphatic carbocycles. The smallest absolute Gasteiger partial charge is 0.225 e. The van der Waals surface area contributed by atoms with E-state index in [-0.39, 0.29) is 0 Å². The summed E-state index contributed by atoms with van der Waals surface area (Å²) in [7, 11) is 4.80. The van der Waals surface area contributed by atoms with Crippen molar-refractivity contribution in [1.29, 1.82) is 0 Å². The van der Waals surface area contributed by atoms with Crippen molar-refractivity contribution in [3.8, 4) is 23.1 Å². The van der Waals surface area contributed by atoms with Crippen LogP contribution in [0.3, 0.4) is 0 Å². The van der Waals surface area contributed by atoms with Crippen molar-refractivity contribution in [2.75, 3.05) is 26.6 Å². The van der Waals surface area contributed by atoms with Crippen LogP contribution in [0.5, 0.6) is 17.2 Å². The Balaban J connectivity index is 1.57. The molecule has 0 radical (unpaired) electrons. The molecule has 10 heteroatoms. The highest BCUT2D eigenvalue weighted by atomic mass is 79.9. The molecule has 0 atom stereocenters. The predicted octanol–water partition coefficient (Wildman–Crippen LogP) is 6.55. The average Bonchev–Trinajstić information content (AvgIpc) is 3.50. The first-order valence-corrected chi connectivity index (χ1v) is 13.1. The Kier molecular flexibility index (Phi) is 6.72. The summed E-state index contributed by atoms with van der Waals surface area (Å²) in [6.07, 6.45) is 4.08. The number of rotatable bonds is 8. The fourth-order valence-corrected chi connectivity index (χ4v) is 5.40. The van der Waals surface area contributed by atoms with Crippen LogP contribution in [0.15, 0.2) is 46.6 Å². The SMILES string of the molecule is COc1cc(CNc2nc(-n3cc(C(C)C)c4cnc(Br)cc43)c3sccc3n2)cc(OC)c1OC. The lowest BCUT2D eigenvalue weighted by Crippen LogP contribution is -2.07. The molecule has 0 bridgehead atoms. The van der Waals surface area contributed by atoms with Crippen molar-refractivity contribution in [2.24, 2.45) is 0 Å². The average molecular weight is 568 g/mol. The Hall–Kier alpha value is -3.37. The van der Waals surface area contributed by atoms with Crippen LogP contribution in [0.1, 0.15) is 30.9 Å². The molecule has 1 aromatic carbocycles. The van der Waals surface area contributed by atoms with E-state index < -0.39 is 0 Å². The molecule has 5 rings (SSSR count). The van der Waals surface area contributed by atoms with Gasteiger partial charge in [-0.1, -0.05) is 13.8 Å². The highest BCUT2D eigenvalue weighted by Crippen LogP contribution is 2.38. The molecular weight excluding hydrogens is 542 g/mol. The van der Waals surface area contributed by atoms with E-state index in [4.69, 9.17) is 24.2 Å². The number of anilines is 1. The van der Waals surface area contributed by atoms with Gasteiger partial charge in [0.05, 0.1) is 37.1 Å². The normalized spacial score (nSPS) is 11.4. The number of nitrogens with one attached hydrogen (secondary N) is 1. The molecule has 0 amide bonds. The van der Waals surface area contributed by atoms with Gasteiger partial charge in [-0.2, -0.15) is 4.98 Å². The number of halogens is 1. The van der Waals surface area contributed by atoms with Gasteiger partial charge in [0.1, 0.15) is 4.60 Å². The number of thiophene rings is 1. The van der Waals surface area contributed by atoms with E-state index in [0.717, 1.165) is 37.1 Å². The number of nitrogens with zero attached hydrogens (tertiary/aromatic N) is 4. The lowest BCUT2D eigenvalue weighted by molar-refractivity contribution is 0.324. The molecular formula is C26H26BrN5O3S. The first kappa shape index (κ1) is 24.3. The van der Waals surface area contributed by atoms with Gasteiger partial charge in [-0.05, 0) is 62.6 Å². The van der Waals surface area contributed by atoms with Crippen LogP contribution in [-0.2, 0) is 6.54 Å². The van der Waals surface area contributed by atoms with Crippen LogP contribution >= 0.6 is 27.3 Å². The number of benzene rings is 1. The molecule has 36 heavy (non-hydrogen) atoms. The summed E-state index contributed by atoms with van der Waals surface area (Å²) < 4.78 is 20.4. The lowest BCUT2D eigenvalue weighted by Gasteiger charge is -2.15. The molecule has 5 aromatic rings. The third kappa shape index (κ3) is 4.35. The first-order valence-electron chi connectivity index (χ1n) is 11.4. The maximum absolute atomic E-state index is 5.49. The van der Waals surface area contributed by atoms with E-state index in [1.165, 1.54) is 5.56 Å². The molecule has 186 valence electrons. The van der Waals surface area contributed by atoms with Crippen molar-refractivity contribution in [1.82, 2.24) is 19.5 Å². The molecule has 0 saturated carbocycles. The minimum absolute atomic E-state index is 0.343. The summed E-state index contributed by atoms with van der Waals surface area (Å²) in [6.45, 7) is 4.85. The molecule has 0 fully saturated rings. The first-order chi connectivity index (χ1) is 17.4. The number of pyridine rings is 1. The maximum Gasteiger partial charge on any atom is 0.225 e. The van der Waals surface area contributed by atoms with Crippen LogP contribution in [0.25, 0.3) is 26.9 Å². The van der Waals surface area contributed by atoms with Gasteiger partial charge in [0.15, 0.2) is 17.3 Å². The number of fused-ring (bicyclic) bond motifs is 2. The van der Waals surface area contributed by atoms with Crippen LogP contribution in [0.4, 0.5) is 5.95 Å². The number of methoxy groups -OCH3 is 3. The van der Waals surface area contributed by atoms with Crippen molar-refractivity contribution in [3.63, 3.8) is 0 Å². The third-order valence-corrected chi connectivity index (χ3v) is 7.33. The zero-order chi connectivity index (χ0) is 25.4. The molecule has 4 heterocycles. The van der Waals surface area contributed by atoms with E-state index in [9.17, 15) is 0 Å². The summed E-state index contributed by atoms with van der Waals surface area (Å²) in [5.74, 6) is 3.46. The van der Waals surface area contributed by atoms with Gasteiger partial charge >= 0.3 is 0 Å². The van der Waals surface area contributed by atoms with E-state index in [1.54, 1.807) is 32.7 Å². The second-order valence-electron chi connectivity index (χ2n) is 8.53. The van der Waals surface area contributed by atoms with Crippen LogP contribution in [-0.4, -0.2) is 40.8 Å². The summed E-state index contributed by atoms with van der Waals surface area (Å²) in [5.41, 5.74) is 4.10. The Labute approximate surface area is 221 Å². The predicted molar refractivity (Wildman–Crippen MR) is 147 cm³/mol. The molecule has 4 aromatic heterocycles. The minimum Gasteiger partial charge on any atom is -0.493 e. The Morgan fingerprint density at radius 1 is 1.06 bits per heavy atom. The summed E-state index contributed by atoms with van der Waals surface area (Å²) >= 11 is 5.16. The zero-order valence-electron chi connectivity index (χ0n) is 20.6. The van der Waals surface area contributed by atoms with Gasteiger partial charge in [-0.15, -0.1) is 11.3 Å². The summed E-state index contributed by atoms with van der Waals surface area (Å²) in [6, 6.07) is 7.88. The molecule has 1 N–H and O–H groups in total. The second kappa shape index (κ2) is 9.94. The fourth-order valence-electron chi connectivity index (χ4n) is 4.26. The number of aromatic nitrogens is 4. The van der Waals surface area contributed by atoms with Gasteiger partial charge in [-0.3, -0.25) is 4.57 Å². The standard InChI is InChI=1S/C26H26BrN5O3S/c1-14(2)17-13-32(19-10-22(27)28-12-16(17)19)25-24-18(6-7-36-24)30-26(31-25)29-11-15-8-20(33-3)23(35-5)21(9-15)34-4/h6-10,12-14H,11H2,1-5H3,(H,29,30,31). The van der Waals surface area contributed by atoms with E-state index in [0.29, 0.717) is 35.7 Å². The highest BCUT2D eigenvalue weighted by Gasteiger charge is 2.19. The topological polar surface area (TPSA) is 83.3 Å². The Bertz CT molecular complexity index is 1540. The van der Waals surface area contributed by atoms with E-state index in [1.807, 2.05) is 35.8 Å². The molecule has 0 aliphatic rings. The van der Waals surface area contributed by atoms with Gasteiger partial charge in [0.25, 0.3) is 0 Å². The largest absolute Gasteiger partial charge is 0.493 e.